The molecule has 0 spiro atoms. The highest BCUT2D eigenvalue weighted by atomic mass is 15.2. The van der Waals surface area contributed by atoms with E-state index in [1.165, 1.54) is 26.2 Å². The molecule has 0 aromatic heterocycles. The summed E-state index contributed by atoms with van der Waals surface area (Å²) < 4.78 is 0. The highest BCUT2D eigenvalue weighted by Gasteiger charge is 2.36. The lowest BCUT2D eigenvalue weighted by Crippen LogP contribution is -2.31. The van der Waals surface area contributed by atoms with Gasteiger partial charge in [-0.15, -0.1) is 0 Å². The van der Waals surface area contributed by atoms with Crippen molar-refractivity contribution in [2.45, 2.75) is 33.7 Å². The van der Waals surface area contributed by atoms with Crippen molar-refractivity contribution < 1.29 is 0 Å². The van der Waals surface area contributed by atoms with Crippen molar-refractivity contribution in [3.8, 4) is 0 Å². The summed E-state index contributed by atoms with van der Waals surface area (Å²) in [5.74, 6) is 1.91. The van der Waals surface area contributed by atoms with Crippen molar-refractivity contribution in [1.29, 1.82) is 0 Å². The van der Waals surface area contributed by atoms with Crippen LogP contribution in [0.4, 0.5) is 0 Å². The topological polar surface area (TPSA) is 15.3 Å². The molecule has 0 saturated carbocycles. The Morgan fingerprint density at radius 3 is 1.92 bits per heavy atom. The van der Waals surface area contributed by atoms with Gasteiger partial charge < -0.3 is 10.2 Å². The first-order valence-electron chi connectivity index (χ1n) is 5.72. The second kappa shape index (κ2) is 4.97. The smallest absolute Gasteiger partial charge is 0.00388 e. The fourth-order valence-corrected chi connectivity index (χ4v) is 2.31. The number of hydrogen-bond acceptors (Lipinski definition) is 2. The normalized spacial score (nSPS) is 33.0. The molecule has 13 heavy (non-hydrogen) atoms. The minimum atomic E-state index is 0.751. The summed E-state index contributed by atoms with van der Waals surface area (Å²) in [7, 11) is 0. The zero-order chi connectivity index (χ0) is 9.84. The Kier molecular flexibility index (Phi) is 4.20. The number of hydrogen-bond donors (Lipinski definition) is 1. The van der Waals surface area contributed by atoms with Crippen molar-refractivity contribution in [2.24, 2.45) is 11.8 Å². The van der Waals surface area contributed by atoms with Crippen LogP contribution in [0.1, 0.15) is 27.7 Å². The van der Waals surface area contributed by atoms with Crippen LogP contribution in [0.5, 0.6) is 0 Å². The van der Waals surface area contributed by atoms with Gasteiger partial charge in [0.2, 0.25) is 0 Å². The molecule has 2 heterocycles. The first kappa shape index (κ1) is 11.0. The van der Waals surface area contributed by atoms with Crippen LogP contribution < -0.4 is 5.32 Å². The molecule has 2 fully saturated rings. The maximum atomic E-state index is 3.46. The molecule has 2 aliphatic rings. The largest absolute Gasteiger partial charge is 0.316 e. The van der Waals surface area contributed by atoms with E-state index >= 15 is 0 Å². The SMILES string of the molecule is CC.CC(C)N1C[C@H]2CNC[C@H]2C1. The van der Waals surface area contributed by atoms with Gasteiger partial charge in [-0.05, 0) is 38.8 Å². The maximum Gasteiger partial charge on any atom is 0.00388 e. The second-order valence-electron chi connectivity index (χ2n) is 4.23. The van der Waals surface area contributed by atoms with Crippen molar-refractivity contribution >= 4 is 0 Å². The van der Waals surface area contributed by atoms with Crippen molar-refractivity contribution in [1.82, 2.24) is 10.2 Å². The van der Waals surface area contributed by atoms with Gasteiger partial charge in [0, 0.05) is 19.1 Å². The fourth-order valence-electron chi connectivity index (χ4n) is 2.31. The molecular weight excluding hydrogens is 160 g/mol. The van der Waals surface area contributed by atoms with E-state index in [-0.39, 0.29) is 0 Å². The first-order valence-corrected chi connectivity index (χ1v) is 5.72. The Balaban J connectivity index is 0.000000396. The van der Waals surface area contributed by atoms with Gasteiger partial charge in [0.1, 0.15) is 0 Å². The van der Waals surface area contributed by atoms with Gasteiger partial charge >= 0.3 is 0 Å². The van der Waals surface area contributed by atoms with E-state index in [1.807, 2.05) is 13.8 Å². The predicted molar refractivity (Wildman–Crippen MR) is 57.9 cm³/mol. The molecular formula is C11H24N2. The van der Waals surface area contributed by atoms with E-state index < -0.39 is 0 Å². The molecule has 78 valence electrons. The van der Waals surface area contributed by atoms with Crippen molar-refractivity contribution in [3.05, 3.63) is 0 Å². The van der Waals surface area contributed by atoms with Crippen LogP contribution >= 0.6 is 0 Å². The maximum absolute atomic E-state index is 3.46. The Hall–Kier alpha value is -0.0800. The van der Waals surface area contributed by atoms with Crippen molar-refractivity contribution in [2.75, 3.05) is 26.2 Å². The van der Waals surface area contributed by atoms with Crippen LogP contribution in [-0.2, 0) is 0 Å². The third-order valence-electron chi connectivity index (χ3n) is 3.15. The molecule has 0 radical (unpaired) electrons. The number of nitrogens with zero attached hydrogens (tertiary/aromatic N) is 1. The Morgan fingerprint density at radius 2 is 1.54 bits per heavy atom. The molecule has 2 nitrogen and oxygen atoms in total. The standard InChI is InChI=1S/C9H18N2.C2H6/c1-7(2)11-5-8-3-10-4-9(8)6-11;1-2/h7-10H,3-6H2,1-2H3;1-2H3/t8-,9+;. The summed E-state index contributed by atoms with van der Waals surface area (Å²) in [6.07, 6.45) is 0. The minimum absolute atomic E-state index is 0.751. The monoisotopic (exact) mass is 184 g/mol. The summed E-state index contributed by atoms with van der Waals surface area (Å²) in [5.41, 5.74) is 0. The zero-order valence-corrected chi connectivity index (χ0v) is 9.51. The summed E-state index contributed by atoms with van der Waals surface area (Å²) in [4.78, 5) is 2.61. The van der Waals surface area contributed by atoms with E-state index in [1.54, 1.807) is 0 Å². The van der Waals surface area contributed by atoms with E-state index in [2.05, 4.69) is 24.1 Å². The molecule has 2 saturated heterocycles. The molecule has 1 N–H and O–H groups in total. The van der Waals surface area contributed by atoms with E-state index in [4.69, 9.17) is 0 Å². The van der Waals surface area contributed by atoms with E-state index in [9.17, 15) is 0 Å². The van der Waals surface area contributed by atoms with E-state index in [0.717, 1.165) is 17.9 Å². The van der Waals surface area contributed by atoms with Crippen LogP contribution in [0.3, 0.4) is 0 Å². The molecule has 0 unspecified atom stereocenters. The molecule has 0 bridgehead atoms. The third-order valence-corrected chi connectivity index (χ3v) is 3.15. The van der Waals surface area contributed by atoms with Crippen LogP contribution in [-0.4, -0.2) is 37.1 Å². The molecule has 2 heteroatoms. The molecule has 0 aliphatic carbocycles. The van der Waals surface area contributed by atoms with Crippen LogP contribution in [0, 0.1) is 11.8 Å². The number of likely N-dealkylation sites (tertiary alicyclic amines) is 1. The predicted octanol–water partition coefficient (Wildman–Crippen LogP) is 1.57. The molecule has 2 rings (SSSR count). The Bertz CT molecular complexity index is 133. The number of fused-ring (bicyclic) bond motifs is 1. The lowest BCUT2D eigenvalue weighted by atomic mass is 10.0. The third kappa shape index (κ3) is 2.44. The average molecular weight is 184 g/mol. The molecule has 2 aliphatic heterocycles. The second-order valence-corrected chi connectivity index (χ2v) is 4.23. The first-order chi connectivity index (χ1) is 6.27. The van der Waals surface area contributed by atoms with Gasteiger partial charge in [0.25, 0.3) is 0 Å². The Labute approximate surface area is 82.7 Å². The van der Waals surface area contributed by atoms with Gasteiger partial charge in [0.15, 0.2) is 0 Å². The van der Waals surface area contributed by atoms with Gasteiger partial charge in [-0.2, -0.15) is 0 Å². The lowest BCUT2D eigenvalue weighted by molar-refractivity contribution is 0.256. The summed E-state index contributed by atoms with van der Waals surface area (Å²) in [5, 5.41) is 3.46. The Morgan fingerprint density at radius 1 is 1.08 bits per heavy atom. The summed E-state index contributed by atoms with van der Waals surface area (Å²) in [6, 6.07) is 0.751. The van der Waals surface area contributed by atoms with Crippen LogP contribution in [0.2, 0.25) is 0 Å². The molecule has 0 aromatic rings. The summed E-state index contributed by atoms with van der Waals surface area (Å²) >= 11 is 0. The van der Waals surface area contributed by atoms with Gasteiger partial charge in [-0.1, -0.05) is 13.8 Å². The summed E-state index contributed by atoms with van der Waals surface area (Å²) in [6.45, 7) is 13.8. The quantitative estimate of drug-likeness (QED) is 0.665. The van der Waals surface area contributed by atoms with E-state index in [0.29, 0.717) is 0 Å². The highest BCUT2D eigenvalue weighted by Crippen LogP contribution is 2.27. The molecule has 0 amide bonds. The fraction of sp³-hybridized carbons (Fsp3) is 1.00. The zero-order valence-electron chi connectivity index (χ0n) is 9.51. The van der Waals surface area contributed by atoms with Crippen molar-refractivity contribution in [3.63, 3.8) is 0 Å². The van der Waals surface area contributed by atoms with Gasteiger partial charge in [-0.25, -0.2) is 0 Å². The lowest BCUT2D eigenvalue weighted by Gasteiger charge is -2.20. The number of nitrogens with one attached hydrogen (secondary N) is 1. The van der Waals surface area contributed by atoms with Crippen LogP contribution in [0.25, 0.3) is 0 Å². The molecule has 2 atom stereocenters. The highest BCUT2D eigenvalue weighted by molar-refractivity contribution is 4.91. The van der Waals surface area contributed by atoms with Crippen LogP contribution in [0.15, 0.2) is 0 Å². The average Bonchev–Trinajstić information content (AvgIpc) is 2.65. The molecule has 0 aromatic carbocycles. The minimum Gasteiger partial charge on any atom is -0.316 e. The number of rotatable bonds is 1. The van der Waals surface area contributed by atoms with Gasteiger partial charge in [0.05, 0.1) is 0 Å². The van der Waals surface area contributed by atoms with Gasteiger partial charge in [-0.3, -0.25) is 0 Å².